The number of esters is 2. The van der Waals surface area contributed by atoms with Gasteiger partial charge in [-0.1, -0.05) is 13.0 Å². The number of nitrogens with two attached hydrogens (primary N) is 1. The predicted octanol–water partition coefficient (Wildman–Crippen LogP) is 1.80. The fraction of sp³-hybridized carbons (Fsp3) is 0.429. The summed E-state index contributed by atoms with van der Waals surface area (Å²) in [5.74, 6) is -1.01. The van der Waals surface area contributed by atoms with E-state index in [-0.39, 0.29) is 11.9 Å². The molecule has 1 rings (SSSR count). The third kappa shape index (κ3) is 3.98. The van der Waals surface area contributed by atoms with Crippen LogP contribution in [0.1, 0.15) is 29.8 Å². The molecule has 0 saturated heterocycles. The molecule has 2 N–H and O–H groups in total. The van der Waals surface area contributed by atoms with Gasteiger partial charge in [-0.2, -0.15) is 0 Å². The van der Waals surface area contributed by atoms with Crippen LogP contribution in [0.4, 0.5) is 5.69 Å². The van der Waals surface area contributed by atoms with E-state index in [1.54, 1.807) is 32.0 Å². The molecule has 0 amide bonds. The van der Waals surface area contributed by atoms with E-state index in [4.69, 9.17) is 10.5 Å². The highest BCUT2D eigenvalue weighted by molar-refractivity contribution is 5.95. The molecule has 0 aliphatic rings. The van der Waals surface area contributed by atoms with Crippen molar-refractivity contribution in [2.45, 2.75) is 20.3 Å². The van der Waals surface area contributed by atoms with Crippen LogP contribution in [0.2, 0.25) is 0 Å². The third-order valence-electron chi connectivity index (χ3n) is 2.76. The fourth-order valence-corrected chi connectivity index (χ4v) is 1.75. The monoisotopic (exact) mass is 265 g/mol. The summed E-state index contributed by atoms with van der Waals surface area (Å²) in [5, 5.41) is 0. The standard InChI is InChI=1S/C14H19NO4/c1-4-19-14(17)11-8-10(5-6-12(11)15)7-9(2)13(16)18-3/h5-6,8-9H,4,7,15H2,1-3H3. The molecule has 0 radical (unpaired) electrons. The van der Waals surface area contributed by atoms with Gasteiger partial charge in [0.1, 0.15) is 0 Å². The van der Waals surface area contributed by atoms with Crippen molar-refractivity contribution in [3.8, 4) is 0 Å². The zero-order chi connectivity index (χ0) is 14.4. The predicted molar refractivity (Wildman–Crippen MR) is 71.7 cm³/mol. The Hall–Kier alpha value is -2.04. The molecule has 1 unspecified atom stereocenters. The van der Waals surface area contributed by atoms with Gasteiger partial charge >= 0.3 is 11.9 Å². The topological polar surface area (TPSA) is 78.6 Å². The van der Waals surface area contributed by atoms with Crippen molar-refractivity contribution in [2.75, 3.05) is 19.5 Å². The first-order valence-electron chi connectivity index (χ1n) is 6.13. The fourth-order valence-electron chi connectivity index (χ4n) is 1.75. The summed E-state index contributed by atoms with van der Waals surface area (Å²) in [7, 11) is 1.35. The molecule has 1 aromatic rings. The number of ether oxygens (including phenoxy) is 2. The summed E-state index contributed by atoms with van der Waals surface area (Å²) in [5.41, 5.74) is 7.29. The molecule has 0 fully saturated rings. The Kier molecular flexibility index (Phi) is 5.36. The lowest BCUT2D eigenvalue weighted by Crippen LogP contribution is -2.16. The van der Waals surface area contributed by atoms with E-state index in [1.165, 1.54) is 7.11 Å². The van der Waals surface area contributed by atoms with E-state index in [0.29, 0.717) is 24.3 Å². The lowest BCUT2D eigenvalue weighted by molar-refractivity contribution is -0.144. The molecule has 0 heterocycles. The van der Waals surface area contributed by atoms with Gasteiger partial charge in [0.05, 0.1) is 25.2 Å². The lowest BCUT2D eigenvalue weighted by atomic mass is 9.99. The van der Waals surface area contributed by atoms with Crippen LogP contribution in [-0.4, -0.2) is 25.7 Å². The Morgan fingerprint density at radius 1 is 1.37 bits per heavy atom. The smallest absolute Gasteiger partial charge is 0.340 e. The first-order chi connectivity index (χ1) is 8.99. The summed E-state index contributed by atoms with van der Waals surface area (Å²) >= 11 is 0. The van der Waals surface area contributed by atoms with Gasteiger partial charge in [0.15, 0.2) is 0 Å². The van der Waals surface area contributed by atoms with Crippen molar-refractivity contribution in [3.63, 3.8) is 0 Å². The number of rotatable bonds is 5. The number of carbonyl (C=O) groups excluding carboxylic acids is 2. The minimum Gasteiger partial charge on any atom is -0.469 e. The number of hydrogen-bond acceptors (Lipinski definition) is 5. The molecular weight excluding hydrogens is 246 g/mol. The molecule has 0 spiro atoms. The Balaban J connectivity index is 2.90. The van der Waals surface area contributed by atoms with E-state index in [2.05, 4.69) is 4.74 Å². The Morgan fingerprint density at radius 3 is 2.63 bits per heavy atom. The number of hydrogen-bond donors (Lipinski definition) is 1. The largest absolute Gasteiger partial charge is 0.469 e. The summed E-state index contributed by atoms with van der Waals surface area (Å²) in [6.07, 6.45) is 0.485. The highest BCUT2D eigenvalue weighted by Crippen LogP contribution is 2.18. The zero-order valence-corrected chi connectivity index (χ0v) is 11.4. The SMILES string of the molecule is CCOC(=O)c1cc(CC(C)C(=O)OC)ccc1N. The zero-order valence-electron chi connectivity index (χ0n) is 11.4. The maximum Gasteiger partial charge on any atom is 0.340 e. The minimum absolute atomic E-state index is 0.274. The van der Waals surface area contributed by atoms with Crippen LogP contribution in [0.5, 0.6) is 0 Å². The van der Waals surface area contributed by atoms with E-state index in [9.17, 15) is 9.59 Å². The summed E-state index contributed by atoms with van der Waals surface area (Å²) in [6.45, 7) is 3.80. The highest BCUT2D eigenvalue weighted by atomic mass is 16.5. The first-order valence-corrected chi connectivity index (χ1v) is 6.13. The van der Waals surface area contributed by atoms with Crippen molar-refractivity contribution in [1.29, 1.82) is 0 Å². The number of anilines is 1. The molecular formula is C14H19NO4. The minimum atomic E-state index is -0.451. The number of carbonyl (C=O) groups is 2. The second-order valence-electron chi connectivity index (χ2n) is 4.27. The molecule has 0 bridgehead atoms. The van der Waals surface area contributed by atoms with Crippen LogP contribution < -0.4 is 5.73 Å². The number of benzene rings is 1. The lowest BCUT2D eigenvalue weighted by Gasteiger charge is -2.11. The highest BCUT2D eigenvalue weighted by Gasteiger charge is 2.16. The molecule has 104 valence electrons. The van der Waals surface area contributed by atoms with E-state index in [0.717, 1.165) is 5.56 Å². The van der Waals surface area contributed by atoms with E-state index >= 15 is 0 Å². The normalized spacial score (nSPS) is 11.7. The van der Waals surface area contributed by atoms with Crippen LogP contribution in [0.25, 0.3) is 0 Å². The molecule has 0 saturated carbocycles. The molecule has 0 aliphatic carbocycles. The quantitative estimate of drug-likeness (QED) is 0.648. The second kappa shape index (κ2) is 6.78. The van der Waals surface area contributed by atoms with Crippen molar-refractivity contribution in [2.24, 2.45) is 5.92 Å². The van der Waals surface area contributed by atoms with Crippen molar-refractivity contribution >= 4 is 17.6 Å². The summed E-state index contributed by atoms with van der Waals surface area (Å²) in [6, 6.07) is 5.09. The molecule has 5 nitrogen and oxygen atoms in total. The van der Waals surface area contributed by atoms with Gasteiger partial charge in [0.2, 0.25) is 0 Å². The van der Waals surface area contributed by atoms with Crippen LogP contribution in [-0.2, 0) is 20.7 Å². The van der Waals surface area contributed by atoms with Gasteiger partial charge in [-0.05, 0) is 31.0 Å². The second-order valence-corrected chi connectivity index (χ2v) is 4.27. The molecule has 1 aromatic carbocycles. The number of nitrogen functional groups attached to an aromatic ring is 1. The molecule has 0 aliphatic heterocycles. The Bertz CT molecular complexity index is 471. The van der Waals surface area contributed by atoms with Crippen LogP contribution >= 0.6 is 0 Å². The van der Waals surface area contributed by atoms with Crippen LogP contribution in [0, 0.1) is 5.92 Å². The van der Waals surface area contributed by atoms with Crippen LogP contribution in [0.3, 0.4) is 0 Å². The Morgan fingerprint density at radius 2 is 2.05 bits per heavy atom. The van der Waals surface area contributed by atoms with E-state index in [1.807, 2.05) is 0 Å². The van der Waals surface area contributed by atoms with Gasteiger partial charge in [0.25, 0.3) is 0 Å². The molecule has 1 atom stereocenters. The first kappa shape index (κ1) is 15.0. The Labute approximate surface area is 112 Å². The maximum atomic E-state index is 11.7. The van der Waals surface area contributed by atoms with E-state index < -0.39 is 5.97 Å². The molecule has 19 heavy (non-hydrogen) atoms. The van der Waals surface area contributed by atoms with Crippen molar-refractivity contribution in [3.05, 3.63) is 29.3 Å². The number of methoxy groups -OCH3 is 1. The van der Waals surface area contributed by atoms with Gasteiger partial charge in [-0.15, -0.1) is 0 Å². The van der Waals surface area contributed by atoms with Crippen molar-refractivity contribution in [1.82, 2.24) is 0 Å². The average molecular weight is 265 g/mol. The maximum absolute atomic E-state index is 11.7. The summed E-state index contributed by atoms with van der Waals surface area (Å²) in [4.78, 5) is 23.1. The van der Waals surface area contributed by atoms with Crippen molar-refractivity contribution < 1.29 is 19.1 Å². The molecule has 0 aromatic heterocycles. The summed E-state index contributed by atoms with van der Waals surface area (Å²) < 4.78 is 9.60. The third-order valence-corrected chi connectivity index (χ3v) is 2.76. The van der Waals surface area contributed by atoms with Crippen LogP contribution in [0.15, 0.2) is 18.2 Å². The average Bonchev–Trinajstić information content (AvgIpc) is 2.40. The van der Waals surface area contributed by atoms with Gasteiger partial charge < -0.3 is 15.2 Å². The van der Waals surface area contributed by atoms with Gasteiger partial charge in [0, 0.05) is 5.69 Å². The van der Waals surface area contributed by atoms with Gasteiger partial charge in [-0.25, -0.2) is 4.79 Å². The van der Waals surface area contributed by atoms with Gasteiger partial charge in [-0.3, -0.25) is 4.79 Å². The molecule has 5 heteroatoms.